The lowest BCUT2D eigenvalue weighted by molar-refractivity contribution is 0.0242. The predicted molar refractivity (Wildman–Crippen MR) is 93.8 cm³/mol. The Balaban J connectivity index is 1.99. The van der Waals surface area contributed by atoms with Gasteiger partial charge < -0.3 is 15.0 Å². The van der Waals surface area contributed by atoms with Crippen LogP contribution in [0.4, 0.5) is 4.79 Å². The average molecular weight is 334 g/mol. The van der Waals surface area contributed by atoms with Crippen LogP contribution in [0.25, 0.3) is 0 Å². The van der Waals surface area contributed by atoms with E-state index in [0.29, 0.717) is 6.54 Å². The number of nitrogens with zero attached hydrogens (tertiary/aromatic N) is 3. The van der Waals surface area contributed by atoms with Gasteiger partial charge in [0.2, 0.25) is 0 Å². The van der Waals surface area contributed by atoms with Gasteiger partial charge in [0.05, 0.1) is 11.4 Å². The van der Waals surface area contributed by atoms with Crippen molar-refractivity contribution in [3.05, 3.63) is 23.8 Å². The zero-order chi connectivity index (χ0) is 17.7. The van der Waals surface area contributed by atoms with Crippen LogP contribution in [0.15, 0.2) is 12.4 Å². The normalized spacial score (nSPS) is 20.4. The van der Waals surface area contributed by atoms with Crippen molar-refractivity contribution < 1.29 is 9.53 Å². The Hall–Kier alpha value is -1.69. The van der Waals surface area contributed by atoms with Crippen LogP contribution in [0.1, 0.15) is 64.4 Å². The van der Waals surface area contributed by atoms with E-state index in [0.717, 1.165) is 37.2 Å². The van der Waals surface area contributed by atoms with Gasteiger partial charge in [-0.1, -0.05) is 6.42 Å². The Morgan fingerprint density at radius 3 is 2.71 bits per heavy atom. The van der Waals surface area contributed by atoms with Crippen LogP contribution in [-0.2, 0) is 4.74 Å². The summed E-state index contributed by atoms with van der Waals surface area (Å²) in [5, 5.41) is 3.61. The number of hydrogen-bond donors (Lipinski definition) is 1. The summed E-state index contributed by atoms with van der Waals surface area (Å²) in [5.41, 5.74) is 1.44. The van der Waals surface area contributed by atoms with Gasteiger partial charge in [-0.05, 0) is 47.5 Å². The smallest absolute Gasteiger partial charge is 0.410 e. The highest BCUT2D eigenvalue weighted by atomic mass is 16.6. The van der Waals surface area contributed by atoms with Crippen molar-refractivity contribution in [2.45, 2.75) is 71.6 Å². The number of ether oxygens (including phenoxy) is 1. The molecule has 1 N–H and O–H groups in total. The molecule has 24 heavy (non-hydrogen) atoms. The fourth-order valence-corrected chi connectivity index (χ4v) is 3.05. The molecule has 0 aromatic carbocycles. The van der Waals surface area contributed by atoms with Gasteiger partial charge in [-0.3, -0.25) is 9.97 Å². The topological polar surface area (TPSA) is 67.4 Å². The number of amides is 1. The van der Waals surface area contributed by atoms with Crippen LogP contribution in [0.2, 0.25) is 0 Å². The molecule has 0 saturated carbocycles. The summed E-state index contributed by atoms with van der Waals surface area (Å²) in [6, 6.07) is 0.332. The highest BCUT2D eigenvalue weighted by Crippen LogP contribution is 2.19. The molecule has 6 nitrogen and oxygen atoms in total. The van der Waals surface area contributed by atoms with Gasteiger partial charge in [-0.25, -0.2) is 4.79 Å². The zero-order valence-electron chi connectivity index (χ0n) is 15.5. The number of aromatic nitrogens is 2. The fraction of sp³-hybridized carbons (Fsp3) is 0.722. The fourth-order valence-electron chi connectivity index (χ4n) is 3.05. The van der Waals surface area contributed by atoms with Gasteiger partial charge in [-0.2, -0.15) is 0 Å². The molecule has 1 fully saturated rings. The molecule has 134 valence electrons. The van der Waals surface area contributed by atoms with Crippen LogP contribution < -0.4 is 5.32 Å². The van der Waals surface area contributed by atoms with Crippen LogP contribution in [0.5, 0.6) is 0 Å². The van der Waals surface area contributed by atoms with Crippen LogP contribution in [0, 0.1) is 6.92 Å². The second kappa shape index (κ2) is 7.92. The Bertz CT molecular complexity index is 556. The highest BCUT2D eigenvalue weighted by Gasteiger charge is 2.27. The molecule has 2 rings (SSSR count). The van der Waals surface area contributed by atoms with Crippen molar-refractivity contribution >= 4 is 6.09 Å². The lowest BCUT2D eigenvalue weighted by atomic mass is 10.1. The summed E-state index contributed by atoms with van der Waals surface area (Å²) >= 11 is 0. The van der Waals surface area contributed by atoms with Crippen molar-refractivity contribution in [1.82, 2.24) is 20.2 Å². The number of hydrogen-bond acceptors (Lipinski definition) is 5. The largest absolute Gasteiger partial charge is 0.444 e. The van der Waals surface area contributed by atoms with Crippen molar-refractivity contribution in [2.24, 2.45) is 0 Å². The number of carbonyl (C=O) groups excluding carboxylic acids is 1. The molecule has 0 bridgehead atoms. The van der Waals surface area contributed by atoms with E-state index in [1.54, 1.807) is 12.4 Å². The van der Waals surface area contributed by atoms with E-state index in [2.05, 4.69) is 22.2 Å². The number of nitrogens with one attached hydrogen (secondary N) is 1. The maximum Gasteiger partial charge on any atom is 0.410 e. The first-order valence-corrected chi connectivity index (χ1v) is 8.78. The molecular formula is C18H30N4O2. The summed E-state index contributed by atoms with van der Waals surface area (Å²) < 4.78 is 5.53. The van der Waals surface area contributed by atoms with Gasteiger partial charge in [-0.15, -0.1) is 0 Å². The van der Waals surface area contributed by atoms with Crippen molar-refractivity contribution in [3.63, 3.8) is 0 Å². The SMILES string of the molecule is Cc1nccnc1C(C)NC1CCCCN(C(=O)OC(C)(C)C)C1. The molecule has 1 aromatic heterocycles. The third-order valence-electron chi connectivity index (χ3n) is 4.14. The van der Waals surface area contributed by atoms with E-state index >= 15 is 0 Å². The number of rotatable bonds is 3. The summed E-state index contributed by atoms with van der Waals surface area (Å²) in [6.07, 6.45) is 6.36. The van der Waals surface area contributed by atoms with Gasteiger partial charge in [0.1, 0.15) is 5.60 Å². The van der Waals surface area contributed by atoms with Crippen LogP contribution in [0.3, 0.4) is 0 Å². The second-order valence-corrected chi connectivity index (χ2v) is 7.53. The third-order valence-corrected chi connectivity index (χ3v) is 4.14. The highest BCUT2D eigenvalue weighted by molar-refractivity contribution is 5.68. The van der Waals surface area contributed by atoms with E-state index < -0.39 is 5.60 Å². The first-order chi connectivity index (χ1) is 11.3. The molecule has 1 saturated heterocycles. The second-order valence-electron chi connectivity index (χ2n) is 7.53. The molecule has 1 aliphatic rings. The first-order valence-electron chi connectivity index (χ1n) is 8.78. The molecule has 0 spiro atoms. The quantitative estimate of drug-likeness (QED) is 0.919. The Kier molecular flexibility index (Phi) is 6.15. The standard InChI is InChI=1S/C18H30N4O2/c1-13-16(20-10-9-19-13)14(2)21-15-8-6-7-11-22(12-15)17(23)24-18(3,4)5/h9-10,14-15,21H,6-8,11-12H2,1-5H3. The van der Waals surface area contributed by atoms with Crippen LogP contribution in [-0.4, -0.2) is 45.7 Å². The average Bonchev–Trinajstić information content (AvgIpc) is 2.71. The van der Waals surface area contributed by atoms with Gasteiger partial charge in [0.15, 0.2) is 0 Å². The molecule has 2 unspecified atom stereocenters. The monoisotopic (exact) mass is 334 g/mol. The maximum atomic E-state index is 12.4. The molecule has 2 atom stereocenters. The lowest BCUT2D eigenvalue weighted by Gasteiger charge is -2.29. The Labute approximate surface area is 145 Å². The molecular weight excluding hydrogens is 304 g/mol. The number of likely N-dealkylation sites (tertiary alicyclic amines) is 1. The Morgan fingerprint density at radius 1 is 1.33 bits per heavy atom. The minimum absolute atomic E-state index is 0.0993. The van der Waals surface area contributed by atoms with Gasteiger partial charge in [0.25, 0.3) is 0 Å². The number of carbonyl (C=O) groups is 1. The van der Waals surface area contributed by atoms with Crippen molar-refractivity contribution in [3.8, 4) is 0 Å². The maximum absolute atomic E-state index is 12.4. The van der Waals surface area contributed by atoms with Crippen LogP contribution >= 0.6 is 0 Å². The zero-order valence-corrected chi connectivity index (χ0v) is 15.5. The third kappa shape index (κ3) is 5.44. The minimum atomic E-state index is -0.462. The first kappa shape index (κ1) is 18.6. The summed E-state index contributed by atoms with van der Waals surface area (Å²) in [4.78, 5) is 22.9. The summed E-state index contributed by atoms with van der Waals surface area (Å²) in [7, 11) is 0. The summed E-state index contributed by atoms with van der Waals surface area (Å²) in [5.74, 6) is 0. The minimum Gasteiger partial charge on any atom is -0.444 e. The molecule has 1 aliphatic heterocycles. The molecule has 6 heteroatoms. The van der Waals surface area contributed by atoms with E-state index in [1.165, 1.54) is 0 Å². The lowest BCUT2D eigenvalue weighted by Crippen LogP contribution is -2.45. The number of aryl methyl sites for hydroxylation is 1. The molecule has 0 aliphatic carbocycles. The Morgan fingerprint density at radius 2 is 2.04 bits per heavy atom. The van der Waals surface area contributed by atoms with E-state index in [9.17, 15) is 4.79 Å². The molecule has 1 aromatic rings. The molecule has 2 heterocycles. The van der Waals surface area contributed by atoms with E-state index in [1.807, 2.05) is 32.6 Å². The summed E-state index contributed by atoms with van der Waals surface area (Å²) in [6.45, 7) is 11.2. The predicted octanol–water partition coefficient (Wildman–Crippen LogP) is 3.23. The molecule has 1 amide bonds. The van der Waals surface area contributed by atoms with E-state index in [4.69, 9.17) is 4.74 Å². The van der Waals surface area contributed by atoms with E-state index in [-0.39, 0.29) is 18.2 Å². The molecule has 0 radical (unpaired) electrons. The van der Waals surface area contributed by atoms with Crippen molar-refractivity contribution in [2.75, 3.05) is 13.1 Å². The van der Waals surface area contributed by atoms with Gasteiger partial charge >= 0.3 is 6.09 Å². The van der Waals surface area contributed by atoms with Crippen molar-refractivity contribution in [1.29, 1.82) is 0 Å². The van der Waals surface area contributed by atoms with Gasteiger partial charge in [0, 0.05) is 37.6 Å².